The topological polar surface area (TPSA) is 133 Å². The first-order chi connectivity index (χ1) is 15.7. The van der Waals surface area contributed by atoms with E-state index < -0.39 is 23.5 Å². The number of amides is 1. The molecule has 3 rings (SSSR count). The highest BCUT2D eigenvalue weighted by Gasteiger charge is 2.18. The van der Waals surface area contributed by atoms with Gasteiger partial charge in [0.2, 0.25) is 11.8 Å². The summed E-state index contributed by atoms with van der Waals surface area (Å²) in [5.74, 6) is -2.53. The number of carbonyl (C=O) groups excluding carboxylic acids is 1. The highest BCUT2D eigenvalue weighted by Crippen LogP contribution is 2.35. The average molecular weight is 485 g/mol. The number of halogens is 3. The van der Waals surface area contributed by atoms with Crippen LogP contribution in [0.5, 0.6) is 11.5 Å². The molecule has 0 unspecified atom stereocenters. The molecule has 1 amide bonds. The summed E-state index contributed by atoms with van der Waals surface area (Å²) in [6.07, 6.45) is -0.309. The lowest BCUT2D eigenvalue weighted by Crippen LogP contribution is -2.16. The predicted octanol–water partition coefficient (Wildman–Crippen LogP) is 5.46. The first-order valence-corrected chi connectivity index (χ1v) is 10.0. The van der Waals surface area contributed by atoms with Gasteiger partial charge in [-0.15, -0.1) is 0 Å². The molecular weight excluding hydrogens is 470 g/mol. The minimum absolute atomic E-state index is 0.0284. The van der Waals surface area contributed by atoms with Gasteiger partial charge in [0, 0.05) is 21.7 Å². The molecule has 166 valence electrons. The van der Waals surface area contributed by atoms with E-state index in [1.165, 1.54) is 54.6 Å². The summed E-state index contributed by atoms with van der Waals surface area (Å²) in [6, 6.07) is 14.7. The van der Waals surface area contributed by atoms with Crippen LogP contribution in [0.3, 0.4) is 0 Å². The van der Waals surface area contributed by atoms with Crippen LogP contribution in [0.1, 0.15) is 27.0 Å². The number of nitriles is 1. The number of hydrogen-bond acceptors (Lipinski definition) is 6. The van der Waals surface area contributed by atoms with Crippen molar-refractivity contribution >= 4 is 40.9 Å². The van der Waals surface area contributed by atoms with Gasteiger partial charge in [0.25, 0.3) is 0 Å². The Morgan fingerprint density at radius 3 is 2.52 bits per heavy atom. The fourth-order valence-corrected chi connectivity index (χ4v) is 3.22. The standard InChI is InChI=1S/C23H15Cl2FN4O3/c24-16-6-12(11-27)7-17(10-16)32-21-18(25)5-4-13(20(21)26)9-19(28)33-23(30)15-3-1-2-14(8-15)22(29)31/h1-8,10,28,30H,9H2,(H2,29,31). The second kappa shape index (κ2) is 10.1. The number of ether oxygens (including phenoxy) is 2. The summed E-state index contributed by atoms with van der Waals surface area (Å²) in [7, 11) is 0. The molecule has 0 aromatic heterocycles. The van der Waals surface area contributed by atoms with E-state index in [9.17, 15) is 4.79 Å². The maximum atomic E-state index is 15.1. The molecule has 7 nitrogen and oxygen atoms in total. The Bertz CT molecular complexity index is 1320. The van der Waals surface area contributed by atoms with Crippen molar-refractivity contribution in [3.05, 3.63) is 92.7 Å². The maximum Gasteiger partial charge on any atom is 0.248 e. The Hall–Kier alpha value is -3.93. The number of nitrogens with zero attached hydrogens (tertiary/aromatic N) is 1. The number of hydrogen-bond donors (Lipinski definition) is 3. The van der Waals surface area contributed by atoms with Gasteiger partial charge in [-0.3, -0.25) is 15.6 Å². The number of primary amides is 1. The van der Waals surface area contributed by atoms with Crippen molar-refractivity contribution < 1.29 is 18.7 Å². The van der Waals surface area contributed by atoms with Gasteiger partial charge in [-0.05, 0) is 42.5 Å². The fraction of sp³-hybridized carbons (Fsp3) is 0.0435. The Morgan fingerprint density at radius 1 is 1.09 bits per heavy atom. The van der Waals surface area contributed by atoms with E-state index in [4.69, 9.17) is 54.5 Å². The molecule has 0 atom stereocenters. The Kier molecular flexibility index (Phi) is 7.28. The van der Waals surface area contributed by atoms with Crippen LogP contribution in [-0.2, 0) is 11.2 Å². The zero-order valence-corrected chi connectivity index (χ0v) is 18.3. The second-order valence-electron chi connectivity index (χ2n) is 6.72. The first kappa shape index (κ1) is 23.7. The highest BCUT2D eigenvalue weighted by molar-refractivity contribution is 6.32. The minimum Gasteiger partial charge on any atom is -0.453 e. The monoisotopic (exact) mass is 484 g/mol. The van der Waals surface area contributed by atoms with Crippen LogP contribution in [0.4, 0.5) is 4.39 Å². The number of nitrogens with two attached hydrogens (primary N) is 1. The third-order valence-electron chi connectivity index (χ3n) is 4.33. The van der Waals surface area contributed by atoms with Crippen molar-refractivity contribution in [2.75, 3.05) is 0 Å². The zero-order valence-electron chi connectivity index (χ0n) is 16.8. The van der Waals surface area contributed by atoms with Crippen LogP contribution >= 0.6 is 23.2 Å². The molecule has 0 aliphatic heterocycles. The molecule has 3 aromatic rings. The van der Waals surface area contributed by atoms with E-state index >= 15 is 4.39 Å². The molecular formula is C23H15Cl2FN4O3. The summed E-state index contributed by atoms with van der Waals surface area (Å²) in [5.41, 5.74) is 5.89. The van der Waals surface area contributed by atoms with E-state index in [0.717, 1.165) is 0 Å². The van der Waals surface area contributed by atoms with Gasteiger partial charge < -0.3 is 15.2 Å². The minimum atomic E-state index is -0.836. The predicted molar refractivity (Wildman–Crippen MR) is 122 cm³/mol. The molecule has 0 saturated heterocycles. The maximum absolute atomic E-state index is 15.1. The van der Waals surface area contributed by atoms with E-state index in [2.05, 4.69) is 0 Å². The van der Waals surface area contributed by atoms with Crippen molar-refractivity contribution in [3.8, 4) is 17.6 Å². The molecule has 3 aromatic carbocycles. The zero-order chi connectivity index (χ0) is 24.1. The summed E-state index contributed by atoms with van der Waals surface area (Å²) < 4.78 is 25.8. The van der Waals surface area contributed by atoms with Gasteiger partial charge in [0.05, 0.1) is 23.1 Å². The lowest BCUT2D eigenvalue weighted by molar-refractivity contribution is 0.1000. The van der Waals surface area contributed by atoms with Gasteiger partial charge in [0.15, 0.2) is 17.5 Å². The summed E-state index contributed by atoms with van der Waals surface area (Å²) in [5, 5.41) is 25.3. The molecule has 4 N–H and O–H groups in total. The molecule has 0 saturated carbocycles. The number of rotatable bonds is 6. The Labute approximate surface area is 198 Å². The Balaban J connectivity index is 1.78. The number of carbonyl (C=O) groups is 1. The van der Waals surface area contributed by atoms with Crippen LogP contribution in [0.15, 0.2) is 54.6 Å². The molecule has 0 fully saturated rings. The highest BCUT2D eigenvalue weighted by atomic mass is 35.5. The van der Waals surface area contributed by atoms with Crippen molar-refractivity contribution in [1.82, 2.24) is 0 Å². The first-order valence-electron chi connectivity index (χ1n) is 9.27. The summed E-state index contributed by atoms with van der Waals surface area (Å²) >= 11 is 12.0. The lowest BCUT2D eigenvalue weighted by atomic mass is 10.1. The van der Waals surface area contributed by atoms with Crippen LogP contribution in [0.2, 0.25) is 10.0 Å². The number of nitrogens with one attached hydrogen (secondary N) is 2. The fourth-order valence-electron chi connectivity index (χ4n) is 2.81. The summed E-state index contributed by atoms with van der Waals surface area (Å²) in [4.78, 5) is 11.3. The van der Waals surface area contributed by atoms with E-state index in [-0.39, 0.29) is 50.2 Å². The molecule has 0 bridgehead atoms. The third kappa shape index (κ3) is 5.86. The molecule has 10 heteroatoms. The summed E-state index contributed by atoms with van der Waals surface area (Å²) in [6.45, 7) is 0. The average Bonchev–Trinajstić information content (AvgIpc) is 2.78. The molecule has 0 aliphatic carbocycles. The Morgan fingerprint density at radius 2 is 1.82 bits per heavy atom. The van der Waals surface area contributed by atoms with Crippen LogP contribution in [0.25, 0.3) is 0 Å². The quantitative estimate of drug-likeness (QED) is 0.316. The number of benzene rings is 3. The van der Waals surface area contributed by atoms with E-state index in [0.29, 0.717) is 0 Å². The molecule has 0 spiro atoms. The van der Waals surface area contributed by atoms with Crippen LogP contribution in [-0.4, -0.2) is 17.7 Å². The van der Waals surface area contributed by atoms with Crippen LogP contribution < -0.4 is 10.5 Å². The van der Waals surface area contributed by atoms with E-state index in [1.807, 2.05) is 6.07 Å². The molecule has 0 heterocycles. The SMILES string of the molecule is N#Cc1cc(Cl)cc(Oc2c(Cl)ccc(CC(=N)OC(=N)c3cccc(C(N)=O)c3)c2F)c1. The second-order valence-corrected chi connectivity index (χ2v) is 7.56. The van der Waals surface area contributed by atoms with Gasteiger partial charge >= 0.3 is 0 Å². The van der Waals surface area contributed by atoms with Crippen molar-refractivity contribution in [2.45, 2.75) is 6.42 Å². The lowest BCUT2D eigenvalue weighted by Gasteiger charge is -2.13. The van der Waals surface area contributed by atoms with Gasteiger partial charge in [0.1, 0.15) is 5.75 Å². The van der Waals surface area contributed by atoms with Gasteiger partial charge in [-0.25, -0.2) is 4.39 Å². The van der Waals surface area contributed by atoms with Crippen molar-refractivity contribution in [2.24, 2.45) is 5.73 Å². The molecule has 0 radical (unpaired) electrons. The van der Waals surface area contributed by atoms with Gasteiger partial charge in [-0.2, -0.15) is 5.26 Å². The van der Waals surface area contributed by atoms with Gasteiger partial charge in [-0.1, -0.05) is 35.3 Å². The largest absolute Gasteiger partial charge is 0.453 e. The van der Waals surface area contributed by atoms with Crippen molar-refractivity contribution in [1.29, 1.82) is 16.1 Å². The molecule has 0 aliphatic rings. The van der Waals surface area contributed by atoms with E-state index in [1.54, 1.807) is 0 Å². The van der Waals surface area contributed by atoms with Crippen LogP contribution in [0, 0.1) is 28.0 Å². The normalized spacial score (nSPS) is 10.2. The van der Waals surface area contributed by atoms with Crippen molar-refractivity contribution in [3.63, 3.8) is 0 Å². The third-order valence-corrected chi connectivity index (χ3v) is 4.85. The smallest absolute Gasteiger partial charge is 0.248 e. The molecule has 33 heavy (non-hydrogen) atoms.